The molecule has 0 fully saturated rings. The lowest BCUT2D eigenvalue weighted by atomic mass is 10.0. The first-order valence-corrected chi connectivity index (χ1v) is 5.76. The zero-order valence-electron chi connectivity index (χ0n) is 10.6. The smallest absolute Gasteiger partial charge is 0.193 e. The second-order valence-corrected chi connectivity index (χ2v) is 4.36. The van der Waals surface area contributed by atoms with Gasteiger partial charge in [-0.3, -0.25) is 4.79 Å². The van der Waals surface area contributed by atoms with Crippen LogP contribution in [0.3, 0.4) is 0 Å². The molecular weight excluding hydrogens is 224 g/mol. The number of nitrogen functional groups attached to an aromatic ring is 1. The van der Waals surface area contributed by atoms with Gasteiger partial charge in [-0.15, -0.1) is 0 Å². The summed E-state index contributed by atoms with van der Waals surface area (Å²) in [5.41, 5.74) is 8.76. The summed E-state index contributed by atoms with van der Waals surface area (Å²) in [6.45, 7) is 0. The molecule has 0 aliphatic rings. The van der Waals surface area contributed by atoms with Crippen molar-refractivity contribution in [1.82, 2.24) is 0 Å². The molecule has 0 saturated heterocycles. The minimum atomic E-state index is -0.00685. The van der Waals surface area contributed by atoms with Gasteiger partial charge in [0.05, 0.1) is 11.4 Å². The van der Waals surface area contributed by atoms with Crippen molar-refractivity contribution in [3.8, 4) is 0 Å². The first-order chi connectivity index (χ1) is 8.59. The van der Waals surface area contributed by atoms with E-state index in [2.05, 4.69) is 0 Å². The molecule has 0 aliphatic carbocycles. The van der Waals surface area contributed by atoms with Crippen molar-refractivity contribution in [1.29, 1.82) is 0 Å². The maximum absolute atomic E-state index is 12.2. The Hall–Kier alpha value is -2.29. The van der Waals surface area contributed by atoms with Crippen LogP contribution in [0.2, 0.25) is 0 Å². The summed E-state index contributed by atoms with van der Waals surface area (Å²) in [7, 11) is 3.84. The summed E-state index contributed by atoms with van der Waals surface area (Å²) in [5, 5.41) is 0. The molecule has 0 spiro atoms. The third kappa shape index (κ3) is 2.35. The molecule has 0 bridgehead atoms. The van der Waals surface area contributed by atoms with E-state index >= 15 is 0 Å². The third-order valence-electron chi connectivity index (χ3n) is 2.81. The lowest BCUT2D eigenvalue weighted by molar-refractivity contribution is 0.103. The van der Waals surface area contributed by atoms with Crippen molar-refractivity contribution < 1.29 is 4.79 Å². The molecular formula is C15H16N2O. The number of rotatable bonds is 3. The molecule has 0 aromatic heterocycles. The van der Waals surface area contributed by atoms with E-state index in [0.29, 0.717) is 16.8 Å². The Morgan fingerprint density at radius 1 is 1.00 bits per heavy atom. The standard InChI is InChI=1S/C15H16N2O/c1-17(2)14-9-8-12(10-13(14)16)15(18)11-6-4-3-5-7-11/h3-10H,16H2,1-2H3. The number of carbonyl (C=O) groups excluding carboxylic acids is 1. The quantitative estimate of drug-likeness (QED) is 0.662. The molecule has 92 valence electrons. The Morgan fingerprint density at radius 3 is 2.22 bits per heavy atom. The molecule has 0 radical (unpaired) electrons. The molecule has 0 atom stereocenters. The van der Waals surface area contributed by atoms with Gasteiger partial charge in [-0.25, -0.2) is 0 Å². The Kier molecular flexibility index (Phi) is 3.33. The van der Waals surface area contributed by atoms with Gasteiger partial charge in [0.25, 0.3) is 0 Å². The molecule has 2 rings (SSSR count). The van der Waals surface area contributed by atoms with Crippen molar-refractivity contribution >= 4 is 17.2 Å². The van der Waals surface area contributed by atoms with Gasteiger partial charge in [0, 0.05) is 25.2 Å². The third-order valence-corrected chi connectivity index (χ3v) is 2.81. The highest BCUT2D eigenvalue weighted by atomic mass is 16.1. The molecule has 0 unspecified atom stereocenters. The number of hydrogen-bond donors (Lipinski definition) is 1. The number of anilines is 2. The maximum Gasteiger partial charge on any atom is 0.193 e. The Labute approximate surface area is 107 Å². The van der Waals surface area contributed by atoms with Gasteiger partial charge in [-0.1, -0.05) is 30.3 Å². The number of benzene rings is 2. The van der Waals surface area contributed by atoms with E-state index in [0.717, 1.165) is 5.69 Å². The predicted octanol–water partition coefficient (Wildman–Crippen LogP) is 2.57. The van der Waals surface area contributed by atoms with Gasteiger partial charge in [-0.05, 0) is 18.2 Å². The number of hydrogen-bond acceptors (Lipinski definition) is 3. The molecule has 0 heterocycles. The molecule has 2 N–H and O–H groups in total. The van der Waals surface area contributed by atoms with E-state index in [1.54, 1.807) is 24.3 Å². The van der Waals surface area contributed by atoms with Crippen LogP contribution in [0.4, 0.5) is 11.4 Å². The van der Waals surface area contributed by atoms with E-state index in [9.17, 15) is 4.79 Å². The zero-order valence-corrected chi connectivity index (χ0v) is 10.6. The fourth-order valence-electron chi connectivity index (χ4n) is 1.86. The van der Waals surface area contributed by atoms with Crippen molar-refractivity contribution in [3.63, 3.8) is 0 Å². The second kappa shape index (κ2) is 4.92. The van der Waals surface area contributed by atoms with Gasteiger partial charge in [0.2, 0.25) is 0 Å². The summed E-state index contributed by atoms with van der Waals surface area (Å²) < 4.78 is 0. The first kappa shape index (κ1) is 12.2. The van der Waals surface area contributed by atoms with E-state index in [1.165, 1.54) is 0 Å². The summed E-state index contributed by atoms with van der Waals surface area (Å²) in [4.78, 5) is 14.1. The number of nitrogens with two attached hydrogens (primary N) is 1. The van der Waals surface area contributed by atoms with E-state index in [4.69, 9.17) is 5.73 Å². The van der Waals surface area contributed by atoms with Crippen LogP contribution in [0.1, 0.15) is 15.9 Å². The monoisotopic (exact) mass is 240 g/mol. The fraction of sp³-hybridized carbons (Fsp3) is 0.133. The van der Waals surface area contributed by atoms with Gasteiger partial charge in [0.15, 0.2) is 5.78 Å². The van der Waals surface area contributed by atoms with Crippen LogP contribution in [0.25, 0.3) is 0 Å². The van der Waals surface area contributed by atoms with Crippen LogP contribution in [0, 0.1) is 0 Å². The van der Waals surface area contributed by atoms with Crippen molar-refractivity contribution in [2.75, 3.05) is 24.7 Å². The minimum absolute atomic E-state index is 0.00685. The summed E-state index contributed by atoms with van der Waals surface area (Å²) in [6, 6.07) is 14.6. The van der Waals surface area contributed by atoms with Crippen LogP contribution in [-0.4, -0.2) is 19.9 Å². The Bertz CT molecular complexity index is 562. The molecule has 2 aromatic carbocycles. The highest BCUT2D eigenvalue weighted by Gasteiger charge is 2.10. The molecule has 0 saturated carbocycles. The maximum atomic E-state index is 12.2. The van der Waals surface area contributed by atoms with Gasteiger partial charge in [0.1, 0.15) is 0 Å². The molecule has 3 nitrogen and oxygen atoms in total. The molecule has 0 amide bonds. The van der Waals surface area contributed by atoms with Crippen molar-refractivity contribution in [2.24, 2.45) is 0 Å². The largest absolute Gasteiger partial charge is 0.397 e. The van der Waals surface area contributed by atoms with Crippen molar-refractivity contribution in [3.05, 3.63) is 59.7 Å². The van der Waals surface area contributed by atoms with Gasteiger partial charge in [-0.2, -0.15) is 0 Å². The van der Waals surface area contributed by atoms with E-state index < -0.39 is 0 Å². The molecule has 18 heavy (non-hydrogen) atoms. The van der Waals surface area contributed by atoms with Crippen LogP contribution in [0.5, 0.6) is 0 Å². The van der Waals surface area contributed by atoms with E-state index in [-0.39, 0.29) is 5.78 Å². The van der Waals surface area contributed by atoms with Crippen LogP contribution in [-0.2, 0) is 0 Å². The molecule has 2 aromatic rings. The normalized spacial score (nSPS) is 10.1. The number of nitrogens with zero attached hydrogens (tertiary/aromatic N) is 1. The highest BCUT2D eigenvalue weighted by molar-refractivity contribution is 6.09. The van der Waals surface area contributed by atoms with Crippen LogP contribution in [0.15, 0.2) is 48.5 Å². The highest BCUT2D eigenvalue weighted by Crippen LogP contribution is 2.23. The van der Waals surface area contributed by atoms with Crippen LogP contribution >= 0.6 is 0 Å². The average molecular weight is 240 g/mol. The lowest BCUT2D eigenvalue weighted by Gasteiger charge is -2.15. The predicted molar refractivity (Wildman–Crippen MR) is 75.1 cm³/mol. The fourth-order valence-corrected chi connectivity index (χ4v) is 1.86. The second-order valence-electron chi connectivity index (χ2n) is 4.36. The summed E-state index contributed by atoms with van der Waals surface area (Å²) >= 11 is 0. The van der Waals surface area contributed by atoms with Gasteiger partial charge >= 0.3 is 0 Å². The molecule has 3 heteroatoms. The van der Waals surface area contributed by atoms with Crippen LogP contribution < -0.4 is 10.6 Å². The SMILES string of the molecule is CN(C)c1ccc(C(=O)c2ccccc2)cc1N. The zero-order chi connectivity index (χ0) is 13.1. The minimum Gasteiger partial charge on any atom is -0.397 e. The summed E-state index contributed by atoms with van der Waals surface area (Å²) in [6.07, 6.45) is 0. The van der Waals surface area contributed by atoms with E-state index in [1.807, 2.05) is 43.3 Å². The number of ketones is 1. The first-order valence-electron chi connectivity index (χ1n) is 5.76. The van der Waals surface area contributed by atoms with Crippen molar-refractivity contribution in [2.45, 2.75) is 0 Å². The Morgan fingerprint density at radius 2 is 1.67 bits per heavy atom. The topological polar surface area (TPSA) is 46.3 Å². The van der Waals surface area contributed by atoms with Gasteiger partial charge < -0.3 is 10.6 Å². The average Bonchev–Trinajstić information content (AvgIpc) is 2.38. The molecule has 0 aliphatic heterocycles. The summed E-state index contributed by atoms with van der Waals surface area (Å²) in [5.74, 6) is -0.00685. The Balaban J connectivity index is 2.36. The lowest BCUT2D eigenvalue weighted by Crippen LogP contribution is -2.12. The number of carbonyl (C=O) groups is 1.